The Balaban J connectivity index is 1.81. The Morgan fingerprint density at radius 2 is 1.79 bits per heavy atom. The van der Waals surface area contributed by atoms with Crippen molar-refractivity contribution in [3.63, 3.8) is 0 Å². The molecule has 2 aromatic rings. The molecule has 0 spiro atoms. The lowest BCUT2D eigenvalue weighted by Gasteiger charge is -2.27. The molecule has 1 aromatic carbocycles. The second-order valence-corrected chi connectivity index (χ2v) is 6.43. The molecule has 0 atom stereocenters. The summed E-state index contributed by atoms with van der Waals surface area (Å²) < 4.78 is 7.42. The van der Waals surface area contributed by atoms with Gasteiger partial charge in [0.1, 0.15) is 5.69 Å². The molecule has 0 saturated carbocycles. The maximum atomic E-state index is 12.8. The fraction of sp³-hybridized carbons (Fsp3) is 0.421. The standard InChI is InChI=1S/C19H25N3O2/c1-14-4-6-17(7-5-14)13-22-16(3)12-15(2)18(22)19(23)20-21-8-10-24-11-9-21/h4-7,12H,8-11,13H2,1-3H3,(H,20,23). The molecule has 24 heavy (non-hydrogen) atoms. The van der Waals surface area contributed by atoms with E-state index in [2.05, 4.69) is 47.2 Å². The van der Waals surface area contributed by atoms with Crippen LogP contribution in [0.15, 0.2) is 30.3 Å². The third kappa shape index (κ3) is 3.68. The molecule has 1 N–H and O–H groups in total. The van der Waals surface area contributed by atoms with Gasteiger partial charge in [-0.1, -0.05) is 29.8 Å². The molecule has 1 aliphatic heterocycles. The summed E-state index contributed by atoms with van der Waals surface area (Å²) in [6.45, 7) is 9.58. The van der Waals surface area contributed by atoms with Gasteiger partial charge >= 0.3 is 0 Å². The van der Waals surface area contributed by atoms with E-state index in [1.165, 1.54) is 11.1 Å². The summed E-state index contributed by atoms with van der Waals surface area (Å²) in [7, 11) is 0. The van der Waals surface area contributed by atoms with Crippen molar-refractivity contribution in [2.45, 2.75) is 27.3 Å². The van der Waals surface area contributed by atoms with E-state index in [1.54, 1.807) is 0 Å². The summed E-state index contributed by atoms with van der Waals surface area (Å²) in [6.07, 6.45) is 0. The monoisotopic (exact) mass is 327 g/mol. The second-order valence-electron chi connectivity index (χ2n) is 6.43. The molecule has 1 saturated heterocycles. The lowest BCUT2D eigenvalue weighted by Crippen LogP contribution is -2.48. The van der Waals surface area contributed by atoms with Gasteiger partial charge in [-0.25, -0.2) is 5.01 Å². The SMILES string of the molecule is Cc1ccc(Cn2c(C)cc(C)c2C(=O)NN2CCOCC2)cc1. The zero-order valence-electron chi connectivity index (χ0n) is 14.6. The van der Waals surface area contributed by atoms with Crippen molar-refractivity contribution in [1.29, 1.82) is 0 Å². The van der Waals surface area contributed by atoms with Gasteiger partial charge in [-0.15, -0.1) is 0 Å². The highest BCUT2D eigenvalue weighted by atomic mass is 16.5. The maximum Gasteiger partial charge on any atom is 0.282 e. The first kappa shape index (κ1) is 16.7. The summed E-state index contributed by atoms with van der Waals surface area (Å²) in [5.41, 5.74) is 8.29. The number of amides is 1. The van der Waals surface area contributed by atoms with Crippen LogP contribution in [0.1, 0.15) is 32.9 Å². The number of rotatable bonds is 4. The van der Waals surface area contributed by atoms with Crippen molar-refractivity contribution in [3.05, 3.63) is 58.4 Å². The fourth-order valence-corrected chi connectivity index (χ4v) is 3.10. The van der Waals surface area contributed by atoms with E-state index in [-0.39, 0.29) is 5.91 Å². The Morgan fingerprint density at radius 3 is 2.46 bits per heavy atom. The van der Waals surface area contributed by atoms with Crippen LogP contribution in [0.3, 0.4) is 0 Å². The molecule has 1 amide bonds. The van der Waals surface area contributed by atoms with Crippen LogP contribution in [0, 0.1) is 20.8 Å². The minimum Gasteiger partial charge on any atom is -0.379 e. The van der Waals surface area contributed by atoms with E-state index in [4.69, 9.17) is 4.74 Å². The van der Waals surface area contributed by atoms with Gasteiger partial charge in [0.15, 0.2) is 0 Å². The molecule has 1 fully saturated rings. The van der Waals surface area contributed by atoms with Crippen molar-refractivity contribution >= 4 is 5.91 Å². The van der Waals surface area contributed by atoms with Gasteiger partial charge in [0.25, 0.3) is 5.91 Å². The largest absolute Gasteiger partial charge is 0.379 e. The summed E-state index contributed by atoms with van der Waals surface area (Å²) in [6, 6.07) is 10.5. The quantitative estimate of drug-likeness (QED) is 0.938. The number of benzene rings is 1. The van der Waals surface area contributed by atoms with Gasteiger partial charge in [0.2, 0.25) is 0 Å². The van der Waals surface area contributed by atoms with Crippen molar-refractivity contribution in [2.75, 3.05) is 26.3 Å². The summed E-state index contributed by atoms with van der Waals surface area (Å²) >= 11 is 0. The van der Waals surface area contributed by atoms with Crippen molar-refractivity contribution in [2.24, 2.45) is 0 Å². The van der Waals surface area contributed by atoms with Crippen molar-refractivity contribution in [3.8, 4) is 0 Å². The minimum absolute atomic E-state index is 0.0467. The first-order valence-electron chi connectivity index (χ1n) is 8.40. The number of nitrogens with one attached hydrogen (secondary N) is 1. The Labute approximate surface area is 143 Å². The third-order valence-electron chi connectivity index (χ3n) is 4.44. The van der Waals surface area contributed by atoms with Gasteiger partial charge in [0.05, 0.1) is 13.2 Å². The van der Waals surface area contributed by atoms with E-state index >= 15 is 0 Å². The molecule has 0 aliphatic carbocycles. The number of hydrazine groups is 1. The maximum absolute atomic E-state index is 12.8. The molecule has 0 unspecified atom stereocenters. The second kappa shape index (κ2) is 7.20. The average molecular weight is 327 g/mol. The number of carbonyl (C=O) groups excluding carboxylic acids is 1. The molecule has 5 heteroatoms. The normalized spacial score (nSPS) is 15.5. The molecular weight excluding hydrogens is 302 g/mol. The van der Waals surface area contributed by atoms with Gasteiger partial charge in [-0.3, -0.25) is 10.2 Å². The van der Waals surface area contributed by atoms with Crippen LogP contribution < -0.4 is 5.43 Å². The van der Waals surface area contributed by atoms with Crippen LogP contribution in [0.4, 0.5) is 0 Å². The number of aromatic nitrogens is 1. The lowest BCUT2D eigenvalue weighted by molar-refractivity contribution is 0.0123. The van der Waals surface area contributed by atoms with Gasteiger partial charge < -0.3 is 9.30 Å². The predicted octanol–water partition coefficient (Wildman–Crippen LogP) is 2.44. The zero-order valence-corrected chi connectivity index (χ0v) is 14.6. The first-order chi connectivity index (χ1) is 11.5. The zero-order chi connectivity index (χ0) is 17.1. The number of aryl methyl sites for hydroxylation is 3. The van der Waals surface area contributed by atoms with E-state index in [9.17, 15) is 4.79 Å². The van der Waals surface area contributed by atoms with Crippen LogP contribution in [0.2, 0.25) is 0 Å². The summed E-state index contributed by atoms with van der Waals surface area (Å²) in [5.74, 6) is -0.0467. The van der Waals surface area contributed by atoms with E-state index < -0.39 is 0 Å². The van der Waals surface area contributed by atoms with Crippen LogP contribution in [0.25, 0.3) is 0 Å². The number of morpholine rings is 1. The summed E-state index contributed by atoms with van der Waals surface area (Å²) in [4.78, 5) is 12.8. The van der Waals surface area contributed by atoms with Gasteiger partial charge in [-0.05, 0) is 38.0 Å². The molecule has 5 nitrogen and oxygen atoms in total. The number of hydrogen-bond acceptors (Lipinski definition) is 3. The van der Waals surface area contributed by atoms with Crippen LogP contribution in [0.5, 0.6) is 0 Å². The molecule has 0 radical (unpaired) electrons. The fourth-order valence-electron chi connectivity index (χ4n) is 3.10. The number of carbonyl (C=O) groups is 1. The Morgan fingerprint density at radius 1 is 1.12 bits per heavy atom. The molecule has 3 rings (SSSR count). The number of hydrogen-bond donors (Lipinski definition) is 1. The molecule has 1 aliphatic rings. The van der Waals surface area contributed by atoms with Crippen LogP contribution >= 0.6 is 0 Å². The minimum atomic E-state index is -0.0467. The third-order valence-corrected chi connectivity index (χ3v) is 4.44. The number of ether oxygens (including phenoxy) is 1. The van der Waals surface area contributed by atoms with Crippen LogP contribution in [-0.2, 0) is 11.3 Å². The smallest absolute Gasteiger partial charge is 0.282 e. The molecule has 0 bridgehead atoms. The van der Waals surface area contributed by atoms with Crippen molar-refractivity contribution < 1.29 is 9.53 Å². The highest BCUT2D eigenvalue weighted by molar-refractivity contribution is 5.94. The topological polar surface area (TPSA) is 46.5 Å². The molecular formula is C19H25N3O2. The van der Waals surface area contributed by atoms with Crippen LogP contribution in [-0.4, -0.2) is 41.8 Å². The Kier molecular flexibility index (Phi) is 5.02. The average Bonchev–Trinajstić information content (AvgIpc) is 2.84. The van der Waals surface area contributed by atoms with E-state index in [0.29, 0.717) is 19.8 Å². The van der Waals surface area contributed by atoms with E-state index in [0.717, 1.165) is 30.0 Å². The number of nitrogens with zero attached hydrogens (tertiary/aromatic N) is 2. The Bertz CT molecular complexity index is 713. The van der Waals surface area contributed by atoms with Gasteiger partial charge in [-0.2, -0.15) is 0 Å². The van der Waals surface area contributed by atoms with Crippen molar-refractivity contribution in [1.82, 2.24) is 15.0 Å². The van der Waals surface area contributed by atoms with E-state index in [1.807, 2.05) is 18.9 Å². The predicted molar refractivity (Wildman–Crippen MR) is 94.0 cm³/mol. The molecule has 1 aromatic heterocycles. The lowest BCUT2D eigenvalue weighted by atomic mass is 10.1. The Hall–Kier alpha value is -2.11. The molecule has 2 heterocycles. The highest BCUT2D eigenvalue weighted by Gasteiger charge is 2.20. The van der Waals surface area contributed by atoms with Gasteiger partial charge in [0, 0.05) is 25.3 Å². The molecule has 128 valence electrons. The highest BCUT2D eigenvalue weighted by Crippen LogP contribution is 2.18. The first-order valence-corrected chi connectivity index (χ1v) is 8.40. The summed E-state index contributed by atoms with van der Waals surface area (Å²) in [5, 5.41) is 1.93.